The maximum absolute atomic E-state index is 14.1. The van der Waals surface area contributed by atoms with Gasteiger partial charge in [-0.3, -0.25) is 14.5 Å². The quantitative estimate of drug-likeness (QED) is 0.118. The van der Waals surface area contributed by atoms with Crippen LogP contribution in [0.15, 0.2) is 155 Å². The van der Waals surface area contributed by atoms with E-state index in [0.29, 0.717) is 35.6 Å². The molecule has 0 saturated heterocycles. The van der Waals surface area contributed by atoms with Gasteiger partial charge >= 0.3 is 5.97 Å². The van der Waals surface area contributed by atoms with E-state index in [9.17, 15) is 9.59 Å². The van der Waals surface area contributed by atoms with Gasteiger partial charge in [-0.05, 0) is 42.7 Å². The molecule has 0 amide bonds. The van der Waals surface area contributed by atoms with Crippen LogP contribution in [-0.2, 0) is 16.1 Å². The van der Waals surface area contributed by atoms with Crippen LogP contribution in [-0.4, -0.2) is 36.2 Å². The zero-order valence-electron chi connectivity index (χ0n) is 27.2. The highest BCUT2D eigenvalue weighted by molar-refractivity contribution is 5.82. The molecule has 0 radical (unpaired) electrons. The van der Waals surface area contributed by atoms with Gasteiger partial charge in [-0.15, -0.1) is 0 Å². The summed E-state index contributed by atoms with van der Waals surface area (Å²) in [6, 6.07) is 46.1. The van der Waals surface area contributed by atoms with Crippen LogP contribution in [0.1, 0.15) is 36.5 Å². The first-order valence-electron chi connectivity index (χ1n) is 16.3. The van der Waals surface area contributed by atoms with Crippen molar-refractivity contribution in [2.24, 2.45) is 0 Å². The monoisotopic (exact) mass is 637 g/mol. The first kappa shape index (κ1) is 32.5. The smallest absolute Gasteiger partial charge is 0.318 e. The third kappa shape index (κ3) is 8.08. The van der Waals surface area contributed by atoms with Gasteiger partial charge in [0.05, 0.1) is 5.39 Å². The number of rotatable bonds is 13. The molecule has 6 heteroatoms. The summed E-state index contributed by atoms with van der Waals surface area (Å²) in [6.45, 7) is 5.52. The Morgan fingerprint density at radius 1 is 0.729 bits per heavy atom. The van der Waals surface area contributed by atoms with Crippen molar-refractivity contribution in [3.05, 3.63) is 173 Å². The molecule has 242 valence electrons. The number of hydrogen-bond acceptors (Lipinski definition) is 6. The van der Waals surface area contributed by atoms with Crippen LogP contribution in [0.3, 0.4) is 0 Å². The van der Waals surface area contributed by atoms with E-state index in [1.807, 2.05) is 109 Å². The summed E-state index contributed by atoms with van der Waals surface area (Å²) < 4.78 is 18.8. The number of fused-ring (bicyclic) bond motifs is 1. The Kier molecular flexibility index (Phi) is 10.4. The molecule has 0 spiro atoms. The molecular formula is C42H39NO5. The normalized spacial score (nSPS) is 12.0. The highest BCUT2D eigenvalue weighted by Gasteiger charge is 2.29. The van der Waals surface area contributed by atoms with Gasteiger partial charge in [-0.1, -0.05) is 121 Å². The molecular weight excluding hydrogens is 598 g/mol. The lowest BCUT2D eigenvalue weighted by atomic mass is 9.91. The highest BCUT2D eigenvalue weighted by atomic mass is 16.6. The number of esters is 1. The number of hydrogen-bond donors (Lipinski definition) is 0. The summed E-state index contributed by atoms with van der Waals surface area (Å²) >= 11 is 0. The molecule has 0 saturated carbocycles. The first-order valence-corrected chi connectivity index (χ1v) is 16.3. The third-order valence-corrected chi connectivity index (χ3v) is 8.38. The molecule has 5 aromatic carbocycles. The largest absolute Gasteiger partial charge is 0.490 e. The minimum absolute atomic E-state index is 0.105. The van der Waals surface area contributed by atoms with Crippen LogP contribution < -0.4 is 10.2 Å². The predicted octanol–water partition coefficient (Wildman–Crippen LogP) is 8.49. The molecule has 0 N–H and O–H groups in total. The highest BCUT2D eigenvalue weighted by Crippen LogP contribution is 2.28. The van der Waals surface area contributed by atoms with Gasteiger partial charge < -0.3 is 13.9 Å². The van der Waals surface area contributed by atoms with Crippen molar-refractivity contribution in [1.29, 1.82) is 0 Å². The van der Waals surface area contributed by atoms with E-state index in [4.69, 9.17) is 13.9 Å². The lowest BCUT2D eigenvalue weighted by molar-refractivity contribution is -0.152. The molecule has 0 aliphatic carbocycles. The van der Waals surface area contributed by atoms with Gasteiger partial charge in [-0.2, -0.15) is 0 Å². The molecule has 1 aromatic heterocycles. The number of carbonyl (C=O) groups is 1. The van der Waals surface area contributed by atoms with Crippen molar-refractivity contribution < 1.29 is 18.7 Å². The van der Waals surface area contributed by atoms with E-state index in [0.717, 1.165) is 16.7 Å². The Bertz CT molecular complexity index is 1940. The molecule has 1 unspecified atom stereocenters. The second-order valence-corrected chi connectivity index (χ2v) is 12.1. The maximum Gasteiger partial charge on any atom is 0.318 e. The first-order chi connectivity index (χ1) is 23.4. The lowest BCUT2D eigenvalue weighted by Crippen LogP contribution is -2.42. The van der Waals surface area contributed by atoms with Crippen LogP contribution in [0.25, 0.3) is 22.3 Å². The van der Waals surface area contributed by atoms with Crippen molar-refractivity contribution in [3.8, 4) is 17.1 Å². The second-order valence-electron chi connectivity index (χ2n) is 12.1. The molecule has 48 heavy (non-hydrogen) atoms. The van der Waals surface area contributed by atoms with Crippen molar-refractivity contribution in [2.75, 3.05) is 13.2 Å². The van der Waals surface area contributed by atoms with Gasteiger partial charge in [-0.25, -0.2) is 0 Å². The Labute approximate surface area is 281 Å². The van der Waals surface area contributed by atoms with E-state index in [1.54, 1.807) is 18.2 Å². The fourth-order valence-corrected chi connectivity index (χ4v) is 5.81. The molecule has 0 aliphatic rings. The molecule has 6 aromatic rings. The number of nitrogens with zero attached hydrogens (tertiary/aromatic N) is 1. The van der Waals surface area contributed by atoms with E-state index in [-0.39, 0.29) is 24.0 Å². The SMILES string of the molecule is CC(C)N(Cc1ccccc1)CC(COc1ccc2c(=O)cc(-c3ccccc3)oc2c1)OC(=O)C(c1ccccc1)c1ccccc1. The Hall–Kier alpha value is -5.46. The van der Waals surface area contributed by atoms with Crippen molar-refractivity contribution in [1.82, 2.24) is 4.90 Å². The molecule has 1 atom stereocenters. The summed E-state index contributed by atoms with van der Waals surface area (Å²) in [7, 11) is 0. The van der Waals surface area contributed by atoms with Crippen LogP contribution >= 0.6 is 0 Å². The van der Waals surface area contributed by atoms with Crippen LogP contribution in [0, 0.1) is 0 Å². The van der Waals surface area contributed by atoms with Gasteiger partial charge in [0.2, 0.25) is 0 Å². The van der Waals surface area contributed by atoms with Gasteiger partial charge in [0.25, 0.3) is 0 Å². The standard InChI is InChI=1S/C42H39NO5/c1-30(2)43(27-31-15-7-3-8-16-31)28-36(47-42(45)41(33-19-11-5-12-20-33)34-21-13-6-14-22-34)29-46-35-23-24-37-38(44)26-39(48-40(37)25-35)32-17-9-4-10-18-32/h3-26,30,36,41H,27-29H2,1-2H3. The molecule has 0 aliphatic heterocycles. The van der Waals surface area contributed by atoms with Crippen LogP contribution in [0.5, 0.6) is 5.75 Å². The number of benzene rings is 5. The fourth-order valence-electron chi connectivity index (χ4n) is 5.81. The maximum atomic E-state index is 14.1. The fraction of sp³-hybridized carbons (Fsp3) is 0.190. The Balaban J connectivity index is 1.28. The Morgan fingerprint density at radius 3 is 1.92 bits per heavy atom. The summed E-state index contributed by atoms with van der Waals surface area (Å²) in [5, 5.41) is 0.465. The van der Waals surface area contributed by atoms with E-state index in [1.165, 1.54) is 11.6 Å². The summed E-state index contributed by atoms with van der Waals surface area (Å²) in [4.78, 5) is 29.3. The summed E-state index contributed by atoms with van der Waals surface area (Å²) in [6.07, 6.45) is -0.600. The summed E-state index contributed by atoms with van der Waals surface area (Å²) in [5.41, 5.74) is 3.99. The minimum atomic E-state index is -0.600. The minimum Gasteiger partial charge on any atom is -0.490 e. The zero-order chi connectivity index (χ0) is 33.3. The molecule has 6 rings (SSSR count). The average molecular weight is 638 g/mol. The van der Waals surface area contributed by atoms with Gasteiger partial charge in [0, 0.05) is 36.8 Å². The van der Waals surface area contributed by atoms with Gasteiger partial charge in [0.15, 0.2) is 5.43 Å². The second kappa shape index (κ2) is 15.4. The predicted molar refractivity (Wildman–Crippen MR) is 190 cm³/mol. The van der Waals surface area contributed by atoms with E-state index < -0.39 is 12.0 Å². The van der Waals surface area contributed by atoms with Gasteiger partial charge in [0.1, 0.15) is 35.7 Å². The molecule has 0 bridgehead atoms. The van der Waals surface area contributed by atoms with Crippen molar-refractivity contribution in [2.45, 2.75) is 38.5 Å². The number of ether oxygens (including phenoxy) is 2. The lowest BCUT2D eigenvalue weighted by Gasteiger charge is -2.31. The zero-order valence-corrected chi connectivity index (χ0v) is 27.2. The van der Waals surface area contributed by atoms with Crippen LogP contribution in [0.4, 0.5) is 0 Å². The van der Waals surface area contributed by atoms with E-state index in [2.05, 4.69) is 30.9 Å². The summed E-state index contributed by atoms with van der Waals surface area (Å²) in [5.74, 6) is 0.0569. The van der Waals surface area contributed by atoms with Crippen molar-refractivity contribution >= 4 is 16.9 Å². The van der Waals surface area contributed by atoms with Crippen molar-refractivity contribution in [3.63, 3.8) is 0 Å². The Morgan fingerprint density at radius 2 is 1.31 bits per heavy atom. The molecule has 0 fully saturated rings. The third-order valence-electron chi connectivity index (χ3n) is 8.38. The molecule has 1 heterocycles. The number of carbonyl (C=O) groups excluding carboxylic acids is 1. The van der Waals surface area contributed by atoms with Crippen LogP contribution in [0.2, 0.25) is 0 Å². The average Bonchev–Trinajstić information content (AvgIpc) is 3.12. The topological polar surface area (TPSA) is 69.0 Å². The van der Waals surface area contributed by atoms with E-state index >= 15 is 0 Å². The molecule has 6 nitrogen and oxygen atoms in total.